The lowest BCUT2D eigenvalue weighted by Crippen LogP contribution is -2.51. The largest absolute Gasteiger partial charge is 0.361 e. The minimum atomic E-state index is -0.505. The lowest BCUT2D eigenvalue weighted by atomic mass is 10.0. The van der Waals surface area contributed by atoms with E-state index in [2.05, 4.69) is 10.3 Å². The van der Waals surface area contributed by atoms with Gasteiger partial charge in [-0.3, -0.25) is 9.59 Å². The second-order valence-electron chi connectivity index (χ2n) is 5.75. The molecular formula is C17H21N3O2S. The predicted molar refractivity (Wildman–Crippen MR) is 93.5 cm³/mol. The number of fused-ring (bicyclic) bond motifs is 1. The Morgan fingerprint density at radius 3 is 2.78 bits per heavy atom. The first-order chi connectivity index (χ1) is 11.1. The molecule has 5 nitrogen and oxygen atoms in total. The van der Waals surface area contributed by atoms with Crippen molar-refractivity contribution in [2.75, 3.05) is 24.6 Å². The van der Waals surface area contributed by atoms with E-state index < -0.39 is 6.04 Å². The van der Waals surface area contributed by atoms with Gasteiger partial charge < -0.3 is 15.2 Å². The molecule has 1 saturated heterocycles. The number of benzene rings is 1. The van der Waals surface area contributed by atoms with Crippen molar-refractivity contribution in [2.45, 2.75) is 19.4 Å². The quantitative estimate of drug-likeness (QED) is 0.898. The van der Waals surface area contributed by atoms with Crippen LogP contribution in [0, 0.1) is 0 Å². The molecule has 23 heavy (non-hydrogen) atoms. The summed E-state index contributed by atoms with van der Waals surface area (Å²) in [5.41, 5.74) is 2.10. The molecule has 1 aliphatic rings. The minimum absolute atomic E-state index is 0.0192. The number of carbonyl (C=O) groups is 2. The maximum absolute atomic E-state index is 12.8. The van der Waals surface area contributed by atoms with Crippen molar-refractivity contribution >= 4 is 34.5 Å². The van der Waals surface area contributed by atoms with Crippen molar-refractivity contribution in [3.05, 3.63) is 36.0 Å². The van der Waals surface area contributed by atoms with E-state index in [1.165, 1.54) is 6.92 Å². The number of amides is 2. The number of nitrogens with one attached hydrogen (secondary N) is 2. The first-order valence-electron chi connectivity index (χ1n) is 7.84. The summed E-state index contributed by atoms with van der Waals surface area (Å²) >= 11 is 1.86. The van der Waals surface area contributed by atoms with Crippen LogP contribution in [0.4, 0.5) is 0 Å². The first kappa shape index (κ1) is 15.9. The van der Waals surface area contributed by atoms with E-state index in [4.69, 9.17) is 0 Å². The van der Waals surface area contributed by atoms with Gasteiger partial charge in [-0.15, -0.1) is 0 Å². The summed E-state index contributed by atoms with van der Waals surface area (Å²) in [7, 11) is 0. The fourth-order valence-electron chi connectivity index (χ4n) is 2.97. The third-order valence-corrected chi connectivity index (χ3v) is 5.04. The Bertz CT molecular complexity index is 707. The molecule has 6 heteroatoms. The van der Waals surface area contributed by atoms with Crippen molar-refractivity contribution in [3.8, 4) is 0 Å². The van der Waals surface area contributed by atoms with E-state index in [9.17, 15) is 9.59 Å². The number of hydrogen-bond acceptors (Lipinski definition) is 3. The zero-order valence-corrected chi connectivity index (χ0v) is 14.0. The summed E-state index contributed by atoms with van der Waals surface area (Å²) in [5, 5.41) is 3.93. The molecule has 3 rings (SSSR count). The maximum Gasteiger partial charge on any atom is 0.245 e. The summed E-state index contributed by atoms with van der Waals surface area (Å²) < 4.78 is 0. The molecule has 0 unspecified atom stereocenters. The average molecular weight is 331 g/mol. The number of para-hydroxylation sites is 1. The van der Waals surface area contributed by atoms with E-state index in [1.807, 2.05) is 47.1 Å². The van der Waals surface area contributed by atoms with E-state index >= 15 is 0 Å². The van der Waals surface area contributed by atoms with E-state index in [0.717, 1.165) is 41.1 Å². The molecule has 1 aromatic heterocycles. The van der Waals surface area contributed by atoms with Gasteiger partial charge in [0.05, 0.1) is 0 Å². The number of carbonyl (C=O) groups excluding carboxylic acids is 2. The molecule has 2 N–H and O–H groups in total. The van der Waals surface area contributed by atoms with Crippen LogP contribution in [0.25, 0.3) is 10.9 Å². The van der Waals surface area contributed by atoms with Crippen molar-refractivity contribution in [3.63, 3.8) is 0 Å². The van der Waals surface area contributed by atoms with Crippen molar-refractivity contribution in [1.82, 2.24) is 15.2 Å². The summed E-state index contributed by atoms with van der Waals surface area (Å²) in [6.07, 6.45) is 2.44. The van der Waals surface area contributed by atoms with Crippen LogP contribution in [-0.2, 0) is 16.0 Å². The lowest BCUT2D eigenvalue weighted by molar-refractivity contribution is -0.135. The molecule has 0 bridgehead atoms. The lowest BCUT2D eigenvalue weighted by Gasteiger charge is -2.30. The van der Waals surface area contributed by atoms with Crippen LogP contribution in [0.2, 0.25) is 0 Å². The zero-order valence-electron chi connectivity index (χ0n) is 13.2. The Morgan fingerprint density at radius 1 is 1.30 bits per heavy atom. The highest BCUT2D eigenvalue weighted by Gasteiger charge is 2.27. The summed E-state index contributed by atoms with van der Waals surface area (Å²) in [6.45, 7) is 2.97. The maximum atomic E-state index is 12.8. The van der Waals surface area contributed by atoms with Crippen molar-refractivity contribution in [2.24, 2.45) is 0 Å². The second kappa shape index (κ2) is 7.08. The molecule has 0 saturated carbocycles. The number of thioether (sulfide) groups is 1. The number of H-pyrrole nitrogens is 1. The standard InChI is InChI=1S/C17H21N3O2S/c1-12(21)19-16(17(22)20-6-8-23-9-7-20)10-13-11-18-15-5-3-2-4-14(13)15/h2-5,11,16,18H,6-10H2,1H3,(H,19,21)/t16-/m1/s1. The van der Waals surface area contributed by atoms with E-state index in [0.29, 0.717) is 6.42 Å². The number of aromatic amines is 1. The molecule has 0 radical (unpaired) electrons. The monoisotopic (exact) mass is 331 g/mol. The topological polar surface area (TPSA) is 65.2 Å². The fraction of sp³-hybridized carbons (Fsp3) is 0.412. The summed E-state index contributed by atoms with van der Waals surface area (Å²) in [4.78, 5) is 29.4. The van der Waals surface area contributed by atoms with Gasteiger partial charge in [-0.1, -0.05) is 18.2 Å². The average Bonchev–Trinajstić information content (AvgIpc) is 2.97. The smallest absolute Gasteiger partial charge is 0.245 e. The van der Waals surface area contributed by atoms with E-state index in [-0.39, 0.29) is 11.8 Å². The minimum Gasteiger partial charge on any atom is -0.361 e. The highest BCUT2D eigenvalue weighted by Crippen LogP contribution is 2.20. The van der Waals surface area contributed by atoms with Crippen molar-refractivity contribution in [1.29, 1.82) is 0 Å². The number of hydrogen-bond donors (Lipinski definition) is 2. The van der Waals surface area contributed by atoms with Gasteiger partial charge in [-0.05, 0) is 11.6 Å². The normalized spacial score (nSPS) is 16.3. The van der Waals surface area contributed by atoms with Gasteiger partial charge in [-0.25, -0.2) is 0 Å². The molecule has 1 atom stereocenters. The Labute approximate surface area is 139 Å². The van der Waals surface area contributed by atoms with Crippen LogP contribution in [0.15, 0.2) is 30.5 Å². The molecule has 2 amide bonds. The van der Waals surface area contributed by atoms with Crippen LogP contribution in [0.3, 0.4) is 0 Å². The van der Waals surface area contributed by atoms with Crippen LogP contribution in [0.1, 0.15) is 12.5 Å². The number of rotatable bonds is 4. The molecule has 1 fully saturated rings. The number of aromatic nitrogens is 1. The first-order valence-corrected chi connectivity index (χ1v) is 8.99. The van der Waals surface area contributed by atoms with E-state index in [1.54, 1.807) is 0 Å². The second-order valence-corrected chi connectivity index (χ2v) is 6.98. The SMILES string of the molecule is CC(=O)N[C@H](Cc1c[nH]c2ccccc12)C(=O)N1CCSCC1. The van der Waals surface area contributed by atoms with Gasteiger partial charge in [0.2, 0.25) is 11.8 Å². The Hall–Kier alpha value is -1.95. The molecule has 2 heterocycles. The predicted octanol–water partition coefficient (Wildman–Crippen LogP) is 1.79. The third kappa shape index (κ3) is 3.69. The molecular weight excluding hydrogens is 310 g/mol. The summed E-state index contributed by atoms with van der Waals surface area (Å²) in [6, 6.07) is 7.50. The molecule has 1 aliphatic heterocycles. The van der Waals surface area contributed by atoms with Gasteiger partial charge in [0.1, 0.15) is 6.04 Å². The van der Waals surface area contributed by atoms with Crippen LogP contribution in [-0.4, -0.2) is 52.3 Å². The third-order valence-electron chi connectivity index (χ3n) is 4.10. The number of nitrogens with zero attached hydrogens (tertiary/aromatic N) is 1. The Balaban J connectivity index is 1.81. The molecule has 1 aromatic carbocycles. The van der Waals surface area contributed by atoms with Gasteiger partial charge in [0.25, 0.3) is 0 Å². The molecule has 122 valence electrons. The van der Waals surface area contributed by atoms with Gasteiger partial charge in [0.15, 0.2) is 0 Å². The molecule has 0 spiro atoms. The van der Waals surface area contributed by atoms with Gasteiger partial charge in [0, 0.05) is 55.0 Å². The van der Waals surface area contributed by atoms with Gasteiger partial charge in [-0.2, -0.15) is 11.8 Å². The Morgan fingerprint density at radius 2 is 2.04 bits per heavy atom. The van der Waals surface area contributed by atoms with Crippen LogP contribution < -0.4 is 5.32 Å². The van der Waals surface area contributed by atoms with Crippen molar-refractivity contribution < 1.29 is 9.59 Å². The highest BCUT2D eigenvalue weighted by atomic mass is 32.2. The zero-order chi connectivity index (χ0) is 16.2. The fourth-order valence-corrected chi connectivity index (χ4v) is 3.87. The highest BCUT2D eigenvalue weighted by molar-refractivity contribution is 7.99. The Kier molecular flexibility index (Phi) is 4.91. The molecule has 0 aliphatic carbocycles. The van der Waals surface area contributed by atoms with Crippen LogP contribution in [0.5, 0.6) is 0 Å². The molecule has 2 aromatic rings. The van der Waals surface area contributed by atoms with Crippen LogP contribution >= 0.6 is 11.8 Å². The summed E-state index contributed by atoms with van der Waals surface area (Å²) in [5.74, 6) is 1.78. The van der Waals surface area contributed by atoms with Gasteiger partial charge >= 0.3 is 0 Å².